The molecule has 0 amide bonds. The molecule has 182 valence electrons. The van der Waals surface area contributed by atoms with Crippen molar-refractivity contribution >= 4 is 52.4 Å². The molecular formula is C25H26Cl2N6OS. The fourth-order valence-corrected chi connectivity index (χ4v) is 5.83. The number of halogens is 2. The summed E-state index contributed by atoms with van der Waals surface area (Å²) in [5, 5.41) is 9.62. The first kappa shape index (κ1) is 24.2. The van der Waals surface area contributed by atoms with Crippen LogP contribution >= 0.6 is 35.1 Å². The van der Waals surface area contributed by atoms with Gasteiger partial charge in [0.05, 0.1) is 15.8 Å². The van der Waals surface area contributed by atoms with Gasteiger partial charge in [-0.1, -0.05) is 35.1 Å². The normalized spacial score (nSPS) is 16.9. The molecule has 0 atom stereocenters. The lowest BCUT2D eigenvalue weighted by molar-refractivity contribution is 0.231. The third-order valence-corrected chi connectivity index (χ3v) is 8.18. The Morgan fingerprint density at radius 2 is 1.91 bits per heavy atom. The van der Waals surface area contributed by atoms with Gasteiger partial charge in [-0.15, -0.1) is 0 Å². The molecule has 3 aromatic rings. The van der Waals surface area contributed by atoms with Gasteiger partial charge in [-0.2, -0.15) is 0 Å². The number of nitrogens with one attached hydrogen (secondary N) is 1. The van der Waals surface area contributed by atoms with Crippen molar-refractivity contribution in [2.75, 3.05) is 43.1 Å². The zero-order chi connectivity index (χ0) is 24.6. The van der Waals surface area contributed by atoms with Gasteiger partial charge in [-0.3, -0.25) is 14.7 Å². The average Bonchev–Trinajstić information content (AvgIpc) is 3.29. The van der Waals surface area contributed by atoms with Crippen LogP contribution in [-0.2, 0) is 6.61 Å². The third-order valence-electron chi connectivity index (χ3n) is 6.70. The van der Waals surface area contributed by atoms with Crippen LogP contribution in [0.2, 0.25) is 10.0 Å². The second-order valence-corrected chi connectivity index (χ2v) is 10.7. The summed E-state index contributed by atoms with van der Waals surface area (Å²) in [4.78, 5) is 10.9. The van der Waals surface area contributed by atoms with Gasteiger partial charge >= 0.3 is 0 Å². The number of benzene rings is 1. The van der Waals surface area contributed by atoms with E-state index in [4.69, 9.17) is 39.1 Å². The topological polar surface area (TPSA) is 91.4 Å². The monoisotopic (exact) mass is 528 g/mol. The minimum Gasteiger partial charge on any atom is -0.489 e. The predicted molar refractivity (Wildman–Crippen MR) is 144 cm³/mol. The number of pyridine rings is 2. The van der Waals surface area contributed by atoms with Crippen molar-refractivity contribution in [2.45, 2.75) is 13.0 Å². The van der Waals surface area contributed by atoms with Crippen LogP contribution in [0.1, 0.15) is 23.1 Å². The molecule has 0 radical (unpaired) electrons. The van der Waals surface area contributed by atoms with E-state index in [2.05, 4.69) is 25.4 Å². The summed E-state index contributed by atoms with van der Waals surface area (Å²) >= 11 is 14.2. The number of ether oxygens (including phenoxy) is 1. The van der Waals surface area contributed by atoms with E-state index in [9.17, 15) is 0 Å². The molecule has 7 nitrogen and oxygen atoms in total. The van der Waals surface area contributed by atoms with E-state index >= 15 is 0 Å². The van der Waals surface area contributed by atoms with Crippen LogP contribution in [0.3, 0.4) is 0 Å². The SMILES string of the molecule is CSN1CCC2(C1)CN(c1ccc(C(=N)c3cc(OCc4c(Cl)cncc4Cl)ccc3N)cn1)C2. The minimum absolute atomic E-state index is 0.180. The van der Waals surface area contributed by atoms with Gasteiger partial charge < -0.3 is 15.4 Å². The van der Waals surface area contributed by atoms with E-state index in [1.54, 1.807) is 24.4 Å². The van der Waals surface area contributed by atoms with Gasteiger partial charge in [0, 0.05) is 72.6 Å². The number of hydrogen-bond donors (Lipinski definition) is 2. The summed E-state index contributed by atoms with van der Waals surface area (Å²) in [5.41, 5.74) is 9.32. The zero-order valence-corrected chi connectivity index (χ0v) is 21.6. The molecule has 4 heterocycles. The summed E-state index contributed by atoms with van der Waals surface area (Å²) in [6.45, 7) is 4.55. The Morgan fingerprint density at radius 1 is 1.14 bits per heavy atom. The van der Waals surface area contributed by atoms with Crippen LogP contribution in [-0.4, -0.2) is 52.4 Å². The lowest BCUT2D eigenvalue weighted by Crippen LogP contribution is -2.57. The number of anilines is 2. The summed E-state index contributed by atoms with van der Waals surface area (Å²) in [7, 11) is 0. The molecule has 2 fully saturated rings. The Hall–Kier alpha value is -2.52. The van der Waals surface area contributed by atoms with Crippen LogP contribution in [0.25, 0.3) is 0 Å². The van der Waals surface area contributed by atoms with Gasteiger partial charge in [0.1, 0.15) is 18.2 Å². The largest absolute Gasteiger partial charge is 0.489 e. The van der Waals surface area contributed by atoms with Crippen molar-refractivity contribution in [1.29, 1.82) is 5.41 Å². The minimum atomic E-state index is 0.180. The molecule has 0 aliphatic carbocycles. The molecule has 1 spiro atoms. The molecule has 1 aromatic carbocycles. The number of aromatic nitrogens is 2. The Labute approximate surface area is 219 Å². The highest BCUT2D eigenvalue weighted by Crippen LogP contribution is 2.42. The summed E-state index contributed by atoms with van der Waals surface area (Å²) in [6.07, 6.45) is 8.18. The van der Waals surface area contributed by atoms with E-state index in [0.717, 1.165) is 32.0 Å². The van der Waals surface area contributed by atoms with Crippen molar-refractivity contribution in [3.63, 3.8) is 0 Å². The number of nitrogens with zero attached hydrogens (tertiary/aromatic N) is 4. The summed E-state index contributed by atoms with van der Waals surface area (Å²) in [5.74, 6) is 1.51. The van der Waals surface area contributed by atoms with Crippen molar-refractivity contribution in [3.8, 4) is 5.75 Å². The van der Waals surface area contributed by atoms with Crippen LogP contribution in [0.15, 0.2) is 48.9 Å². The maximum absolute atomic E-state index is 8.74. The van der Waals surface area contributed by atoms with Crippen molar-refractivity contribution < 1.29 is 4.74 Å². The smallest absolute Gasteiger partial charge is 0.128 e. The highest BCUT2D eigenvalue weighted by atomic mass is 35.5. The zero-order valence-electron chi connectivity index (χ0n) is 19.3. The second-order valence-electron chi connectivity index (χ2n) is 9.05. The van der Waals surface area contributed by atoms with E-state index in [1.165, 1.54) is 18.8 Å². The highest BCUT2D eigenvalue weighted by Gasteiger charge is 2.47. The highest BCUT2D eigenvalue weighted by molar-refractivity contribution is 7.96. The summed E-state index contributed by atoms with van der Waals surface area (Å²) < 4.78 is 8.34. The maximum atomic E-state index is 8.74. The Morgan fingerprint density at radius 3 is 2.57 bits per heavy atom. The fraction of sp³-hybridized carbons (Fsp3) is 0.320. The van der Waals surface area contributed by atoms with Crippen LogP contribution in [0.4, 0.5) is 11.5 Å². The first-order valence-electron chi connectivity index (χ1n) is 11.3. The number of rotatable bonds is 7. The molecule has 0 saturated carbocycles. The summed E-state index contributed by atoms with van der Waals surface area (Å²) in [6, 6.07) is 9.17. The van der Waals surface area contributed by atoms with Crippen LogP contribution < -0.4 is 15.4 Å². The first-order chi connectivity index (χ1) is 16.9. The molecule has 2 aliphatic rings. The molecule has 10 heteroatoms. The number of hydrogen-bond acceptors (Lipinski definition) is 8. The maximum Gasteiger partial charge on any atom is 0.128 e. The standard InChI is InChI=1S/C25H26Cl2N6OS/c1-35-33-7-6-25(15-33)13-32(14-25)23-5-2-16(9-31-23)24(29)18-8-17(3-4-22(18)28)34-12-19-20(26)10-30-11-21(19)27/h2-5,8-11,29H,6-7,12-15,28H2,1H3. The van der Waals surface area contributed by atoms with E-state index in [0.29, 0.717) is 49.3 Å². The lowest BCUT2D eigenvalue weighted by Gasteiger charge is -2.48. The Balaban J connectivity index is 1.25. The molecule has 2 aromatic heterocycles. The fourth-order valence-electron chi connectivity index (χ4n) is 4.68. The van der Waals surface area contributed by atoms with E-state index in [1.807, 2.05) is 24.1 Å². The molecule has 0 bridgehead atoms. The third kappa shape index (κ3) is 4.93. The van der Waals surface area contributed by atoms with Gasteiger partial charge in [0.25, 0.3) is 0 Å². The molecule has 0 unspecified atom stereocenters. The molecule has 35 heavy (non-hydrogen) atoms. The molecular weight excluding hydrogens is 503 g/mol. The Bertz CT molecular complexity index is 1230. The first-order valence-corrected chi connectivity index (χ1v) is 13.2. The second kappa shape index (κ2) is 9.85. The van der Waals surface area contributed by atoms with Gasteiger partial charge in [-0.05, 0) is 43.0 Å². The van der Waals surface area contributed by atoms with Gasteiger partial charge in [-0.25, -0.2) is 4.98 Å². The molecule has 3 N–H and O–H groups in total. The predicted octanol–water partition coefficient (Wildman–Crippen LogP) is 5.15. The average molecular weight is 529 g/mol. The molecule has 2 aliphatic heterocycles. The Kier molecular flexibility index (Phi) is 6.81. The van der Waals surface area contributed by atoms with E-state index < -0.39 is 0 Å². The quantitative estimate of drug-likeness (QED) is 0.249. The molecule has 5 rings (SSSR count). The number of nitrogens with two attached hydrogens (primary N) is 1. The molecule has 2 saturated heterocycles. The van der Waals surface area contributed by atoms with Crippen molar-refractivity contribution in [1.82, 2.24) is 14.3 Å². The lowest BCUT2D eigenvalue weighted by atomic mass is 9.79. The van der Waals surface area contributed by atoms with Crippen molar-refractivity contribution in [3.05, 3.63) is 75.7 Å². The number of nitrogen functional groups attached to an aromatic ring is 1. The van der Waals surface area contributed by atoms with Crippen LogP contribution in [0.5, 0.6) is 5.75 Å². The van der Waals surface area contributed by atoms with Crippen molar-refractivity contribution in [2.24, 2.45) is 5.41 Å². The van der Waals surface area contributed by atoms with E-state index in [-0.39, 0.29) is 6.61 Å². The van der Waals surface area contributed by atoms with Crippen LogP contribution in [0, 0.1) is 10.8 Å². The van der Waals surface area contributed by atoms with Gasteiger partial charge in [0.15, 0.2) is 0 Å². The van der Waals surface area contributed by atoms with Gasteiger partial charge in [0.2, 0.25) is 0 Å².